The van der Waals surface area contributed by atoms with E-state index >= 15 is 0 Å². The van der Waals surface area contributed by atoms with Gasteiger partial charge in [0.1, 0.15) is 0 Å². The summed E-state index contributed by atoms with van der Waals surface area (Å²) in [6, 6.07) is 1.78. The number of aromatic nitrogens is 1. The number of pyridine rings is 1. The molecule has 2 fully saturated rings. The van der Waals surface area contributed by atoms with Crippen LogP contribution in [0.1, 0.15) is 28.8 Å². The Morgan fingerprint density at radius 2 is 2.00 bits per heavy atom. The fraction of sp³-hybridized carbons (Fsp3) is 0.571. The van der Waals surface area contributed by atoms with Gasteiger partial charge in [-0.25, -0.2) is 0 Å². The number of rotatable bonds is 1. The molecule has 102 valence electrons. The molecule has 0 radical (unpaired) electrons. The molecule has 5 nitrogen and oxygen atoms in total. The van der Waals surface area contributed by atoms with Gasteiger partial charge in [0.05, 0.1) is 13.2 Å². The van der Waals surface area contributed by atoms with E-state index in [1.54, 1.807) is 18.5 Å². The average Bonchev–Trinajstić information content (AvgIpc) is 2.88. The summed E-state index contributed by atoms with van der Waals surface area (Å²) in [6.07, 6.45) is 4.89. The second-order valence-corrected chi connectivity index (χ2v) is 5.09. The first-order valence-electron chi connectivity index (χ1n) is 6.68. The predicted molar refractivity (Wildman–Crippen MR) is 68.7 cm³/mol. The van der Waals surface area contributed by atoms with Gasteiger partial charge in [-0.2, -0.15) is 0 Å². The lowest BCUT2D eigenvalue weighted by Gasteiger charge is -2.37. The second-order valence-electron chi connectivity index (χ2n) is 5.09. The lowest BCUT2D eigenvalue weighted by Crippen LogP contribution is -2.47. The molecule has 2 saturated heterocycles. The van der Waals surface area contributed by atoms with E-state index in [1.807, 2.05) is 11.8 Å². The van der Waals surface area contributed by atoms with Gasteiger partial charge >= 0.3 is 0 Å². The Bertz CT molecular complexity index is 473. The summed E-state index contributed by atoms with van der Waals surface area (Å²) in [7, 11) is 0. The first kappa shape index (κ1) is 12.6. The van der Waals surface area contributed by atoms with E-state index in [-0.39, 0.29) is 5.91 Å². The summed E-state index contributed by atoms with van der Waals surface area (Å²) >= 11 is 0. The fourth-order valence-corrected chi connectivity index (χ4v) is 2.72. The van der Waals surface area contributed by atoms with E-state index in [0.29, 0.717) is 26.3 Å². The number of ether oxygens (including phenoxy) is 2. The molecule has 0 aliphatic carbocycles. The summed E-state index contributed by atoms with van der Waals surface area (Å²) in [5.74, 6) is -0.350. The van der Waals surface area contributed by atoms with Gasteiger partial charge in [0, 0.05) is 43.9 Å². The van der Waals surface area contributed by atoms with Gasteiger partial charge in [0.25, 0.3) is 5.91 Å². The van der Waals surface area contributed by atoms with Gasteiger partial charge in [-0.05, 0) is 18.6 Å². The van der Waals surface area contributed by atoms with Crippen LogP contribution in [0.25, 0.3) is 0 Å². The number of likely N-dealkylation sites (tertiary alicyclic amines) is 1. The molecule has 5 heteroatoms. The molecule has 1 aromatic heterocycles. The van der Waals surface area contributed by atoms with E-state index in [4.69, 9.17) is 9.47 Å². The van der Waals surface area contributed by atoms with Crippen LogP contribution in [0.4, 0.5) is 0 Å². The van der Waals surface area contributed by atoms with Gasteiger partial charge < -0.3 is 14.4 Å². The fourth-order valence-electron chi connectivity index (χ4n) is 2.72. The van der Waals surface area contributed by atoms with Gasteiger partial charge in [0.15, 0.2) is 5.79 Å². The van der Waals surface area contributed by atoms with Gasteiger partial charge in [-0.1, -0.05) is 0 Å². The third-order valence-electron chi connectivity index (χ3n) is 3.88. The van der Waals surface area contributed by atoms with Crippen molar-refractivity contribution in [2.24, 2.45) is 0 Å². The third-order valence-corrected chi connectivity index (χ3v) is 3.88. The highest BCUT2D eigenvalue weighted by molar-refractivity contribution is 5.95. The maximum Gasteiger partial charge on any atom is 0.254 e. The van der Waals surface area contributed by atoms with Crippen LogP contribution in [0.3, 0.4) is 0 Å². The Morgan fingerprint density at radius 3 is 2.63 bits per heavy atom. The van der Waals surface area contributed by atoms with Crippen molar-refractivity contribution >= 4 is 5.91 Å². The molecule has 19 heavy (non-hydrogen) atoms. The maximum absolute atomic E-state index is 12.4. The number of amides is 1. The average molecular weight is 262 g/mol. The Kier molecular flexibility index (Phi) is 3.24. The van der Waals surface area contributed by atoms with Crippen molar-refractivity contribution in [3.63, 3.8) is 0 Å². The summed E-state index contributed by atoms with van der Waals surface area (Å²) < 4.78 is 11.3. The molecule has 3 heterocycles. The lowest BCUT2D eigenvalue weighted by molar-refractivity contribution is -0.181. The summed E-state index contributed by atoms with van der Waals surface area (Å²) in [4.78, 5) is 18.3. The summed E-state index contributed by atoms with van der Waals surface area (Å²) in [5, 5.41) is 0. The van der Waals surface area contributed by atoms with Crippen molar-refractivity contribution in [2.45, 2.75) is 25.6 Å². The number of piperidine rings is 1. The van der Waals surface area contributed by atoms with Gasteiger partial charge in [-0.3, -0.25) is 9.78 Å². The third kappa shape index (κ3) is 2.35. The Labute approximate surface area is 112 Å². The molecule has 1 amide bonds. The first-order chi connectivity index (χ1) is 9.20. The SMILES string of the molecule is Cc1cnccc1C(=O)N1CCC2(CC1)OCCO2. The molecular weight excluding hydrogens is 244 g/mol. The van der Waals surface area contributed by atoms with Crippen molar-refractivity contribution in [1.82, 2.24) is 9.88 Å². The highest BCUT2D eigenvalue weighted by Crippen LogP contribution is 2.31. The number of carbonyl (C=O) groups excluding carboxylic acids is 1. The molecule has 0 N–H and O–H groups in total. The highest BCUT2D eigenvalue weighted by atomic mass is 16.7. The Balaban J connectivity index is 1.68. The Hall–Kier alpha value is -1.46. The lowest BCUT2D eigenvalue weighted by atomic mass is 10.0. The number of carbonyl (C=O) groups is 1. The monoisotopic (exact) mass is 262 g/mol. The van der Waals surface area contributed by atoms with E-state index in [1.165, 1.54) is 0 Å². The van der Waals surface area contributed by atoms with Crippen molar-refractivity contribution < 1.29 is 14.3 Å². The van der Waals surface area contributed by atoms with Crippen LogP contribution in [-0.4, -0.2) is 47.9 Å². The van der Waals surface area contributed by atoms with Crippen LogP contribution in [0.2, 0.25) is 0 Å². The van der Waals surface area contributed by atoms with Crippen molar-refractivity contribution in [3.05, 3.63) is 29.6 Å². The van der Waals surface area contributed by atoms with Crippen molar-refractivity contribution in [3.8, 4) is 0 Å². The molecule has 1 aromatic rings. The summed E-state index contributed by atoms with van der Waals surface area (Å²) in [6.45, 7) is 4.60. The number of aryl methyl sites for hydroxylation is 1. The molecule has 2 aliphatic heterocycles. The van der Waals surface area contributed by atoms with Crippen LogP contribution in [-0.2, 0) is 9.47 Å². The number of nitrogens with zero attached hydrogens (tertiary/aromatic N) is 2. The molecule has 2 aliphatic rings. The van der Waals surface area contributed by atoms with Gasteiger partial charge in [-0.15, -0.1) is 0 Å². The topological polar surface area (TPSA) is 51.7 Å². The normalized spacial score (nSPS) is 21.8. The second kappa shape index (κ2) is 4.90. The van der Waals surface area contributed by atoms with Crippen LogP contribution >= 0.6 is 0 Å². The van der Waals surface area contributed by atoms with Crippen LogP contribution < -0.4 is 0 Å². The van der Waals surface area contributed by atoms with Crippen molar-refractivity contribution in [1.29, 1.82) is 0 Å². The largest absolute Gasteiger partial charge is 0.347 e. The predicted octanol–water partition coefficient (Wildman–Crippen LogP) is 1.37. The highest BCUT2D eigenvalue weighted by Gasteiger charge is 2.40. The zero-order valence-corrected chi connectivity index (χ0v) is 11.1. The maximum atomic E-state index is 12.4. The zero-order valence-electron chi connectivity index (χ0n) is 11.1. The van der Waals surface area contributed by atoms with E-state index in [9.17, 15) is 4.79 Å². The zero-order chi connectivity index (χ0) is 13.3. The van der Waals surface area contributed by atoms with Crippen LogP contribution in [0.5, 0.6) is 0 Å². The molecule has 3 rings (SSSR count). The van der Waals surface area contributed by atoms with Crippen LogP contribution in [0.15, 0.2) is 18.5 Å². The van der Waals surface area contributed by atoms with Crippen molar-refractivity contribution in [2.75, 3.05) is 26.3 Å². The molecule has 0 aromatic carbocycles. The summed E-state index contributed by atoms with van der Waals surface area (Å²) in [5.41, 5.74) is 1.65. The minimum Gasteiger partial charge on any atom is -0.347 e. The Morgan fingerprint density at radius 1 is 1.32 bits per heavy atom. The minimum absolute atomic E-state index is 0.0766. The first-order valence-corrected chi connectivity index (χ1v) is 6.68. The van der Waals surface area contributed by atoms with E-state index in [2.05, 4.69) is 4.98 Å². The molecule has 0 bridgehead atoms. The number of hydrogen-bond donors (Lipinski definition) is 0. The van der Waals surface area contributed by atoms with Crippen LogP contribution in [0, 0.1) is 6.92 Å². The van der Waals surface area contributed by atoms with Gasteiger partial charge in [0.2, 0.25) is 0 Å². The quantitative estimate of drug-likeness (QED) is 0.767. The van der Waals surface area contributed by atoms with E-state index in [0.717, 1.165) is 24.0 Å². The minimum atomic E-state index is -0.427. The molecule has 1 spiro atoms. The number of hydrogen-bond acceptors (Lipinski definition) is 4. The van der Waals surface area contributed by atoms with E-state index < -0.39 is 5.79 Å². The molecular formula is C14H18N2O3. The smallest absolute Gasteiger partial charge is 0.254 e. The standard InChI is InChI=1S/C14H18N2O3/c1-11-10-15-5-2-12(11)13(17)16-6-3-14(4-7-16)18-8-9-19-14/h2,5,10H,3-4,6-9H2,1H3. The molecule has 0 atom stereocenters. The molecule has 0 unspecified atom stereocenters. The molecule has 0 saturated carbocycles.